The molecule has 0 N–H and O–H groups in total. The number of rotatable bonds is 4. The number of pyridine rings is 1. The molecule has 3 nitrogen and oxygen atoms in total. The molecule has 0 atom stereocenters. The summed E-state index contributed by atoms with van der Waals surface area (Å²) >= 11 is 0. The summed E-state index contributed by atoms with van der Waals surface area (Å²) < 4.78 is 0. The van der Waals surface area contributed by atoms with E-state index in [9.17, 15) is 0 Å². The lowest BCUT2D eigenvalue weighted by atomic mass is 10.1. The summed E-state index contributed by atoms with van der Waals surface area (Å²) in [6.07, 6.45) is 1.02. The van der Waals surface area contributed by atoms with E-state index >= 15 is 0 Å². The molecule has 1 aliphatic heterocycles. The van der Waals surface area contributed by atoms with Crippen LogP contribution in [0, 0.1) is 13.8 Å². The molecule has 0 spiro atoms. The van der Waals surface area contributed by atoms with E-state index in [1.165, 1.54) is 27.9 Å². The highest BCUT2D eigenvalue weighted by molar-refractivity contribution is 5.78. The van der Waals surface area contributed by atoms with Gasteiger partial charge in [-0.15, -0.1) is 0 Å². The van der Waals surface area contributed by atoms with Crippen molar-refractivity contribution < 1.29 is 0 Å². The van der Waals surface area contributed by atoms with Gasteiger partial charge in [-0.05, 0) is 49.2 Å². The van der Waals surface area contributed by atoms with Crippen LogP contribution in [0.1, 0.15) is 16.8 Å². The average molecular weight is 345 g/mol. The zero-order valence-electron chi connectivity index (χ0n) is 15.8. The molecule has 0 radical (unpaired) electrons. The van der Waals surface area contributed by atoms with Crippen LogP contribution in [0.4, 0.5) is 5.69 Å². The minimum Gasteiger partial charge on any atom is -0.369 e. The molecule has 2 heterocycles. The third-order valence-electron chi connectivity index (χ3n) is 5.57. The summed E-state index contributed by atoms with van der Waals surface area (Å²) in [5.74, 6) is 0. The predicted molar refractivity (Wildman–Crippen MR) is 110 cm³/mol. The van der Waals surface area contributed by atoms with Gasteiger partial charge in [0.15, 0.2) is 0 Å². The Labute approximate surface area is 156 Å². The van der Waals surface area contributed by atoms with Crippen molar-refractivity contribution in [1.29, 1.82) is 0 Å². The van der Waals surface area contributed by atoms with Crippen molar-refractivity contribution in [3.63, 3.8) is 0 Å². The van der Waals surface area contributed by atoms with E-state index in [1.807, 2.05) is 0 Å². The lowest BCUT2D eigenvalue weighted by molar-refractivity contribution is 0.260. The normalized spacial score (nSPS) is 15.5. The van der Waals surface area contributed by atoms with Crippen LogP contribution < -0.4 is 4.90 Å². The maximum absolute atomic E-state index is 4.80. The molecule has 26 heavy (non-hydrogen) atoms. The first-order chi connectivity index (χ1) is 12.7. The van der Waals surface area contributed by atoms with Gasteiger partial charge in [-0.25, -0.2) is 0 Å². The molecular formula is C23H27N3. The third kappa shape index (κ3) is 3.73. The molecule has 0 aliphatic carbocycles. The SMILES string of the molecule is Cc1ccc(N2CCN(CCc3ccc4ccccc4n3)CC2)cc1C. The second kappa shape index (κ2) is 7.46. The molecule has 0 amide bonds. The fourth-order valence-electron chi connectivity index (χ4n) is 3.67. The summed E-state index contributed by atoms with van der Waals surface area (Å²) in [6, 6.07) is 19.5. The van der Waals surface area contributed by atoms with Gasteiger partial charge < -0.3 is 4.90 Å². The molecule has 1 aromatic heterocycles. The number of aromatic nitrogens is 1. The van der Waals surface area contributed by atoms with E-state index < -0.39 is 0 Å². The van der Waals surface area contributed by atoms with Crippen LogP contribution in [-0.2, 0) is 6.42 Å². The van der Waals surface area contributed by atoms with E-state index in [-0.39, 0.29) is 0 Å². The molecule has 134 valence electrons. The lowest BCUT2D eigenvalue weighted by Crippen LogP contribution is -2.47. The Bertz CT molecular complexity index is 895. The Morgan fingerprint density at radius 1 is 0.846 bits per heavy atom. The number of benzene rings is 2. The van der Waals surface area contributed by atoms with Gasteiger partial charge in [-0.2, -0.15) is 0 Å². The molecular weight excluding hydrogens is 318 g/mol. The number of piperazine rings is 1. The molecule has 1 saturated heterocycles. The van der Waals surface area contributed by atoms with E-state index in [1.54, 1.807) is 0 Å². The van der Waals surface area contributed by atoms with Crippen LogP contribution in [0.15, 0.2) is 54.6 Å². The summed E-state index contributed by atoms with van der Waals surface area (Å²) in [4.78, 5) is 9.88. The molecule has 1 aliphatic rings. The zero-order chi connectivity index (χ0) is 17.9. The smallest absolute Gasteiger partial charge is 0.0705 e. The van der Waals surface area contributed by atoms with Crippen molar-refractivity contribution in [3.05, 3.63) is 71.4 Å². The Kier molecular flexibility index (Phi) is 4.89. The monoisotopic (exact) mass is 345 g/mol. The number of hydrogen-bond donors (Lipinski definition) is 0. The van der Waals surface area contributed by atoms with Crippen molar-refractivity contribution in [2.45, 2.75) is 20.3 Å². The van der Waals surface area contributed by atoms with Gasteiger partial charge >= 0.3 is 0 Å². The van der Waals surface area contributed by atoms with Crippen molar-refractivity contribution in [1.82, 2.24) is 9.88 Å². The quantitative estimate of drug-likeness (QED) is 0.706. The average Bonchev–Trinajstić information content (AvgIpc) is 2.69. The fourth-order valence-corrected chi connectivity index (χ4v) is 3.67. The molecule has 1 fully saturated rings. The summed E-state index contributed by atoms with van der Waals surface area (Å²) in [7, 11) is 0. The van der Waals surface area contributed by atoms with Crippen molar-refractivity contribution in [3.8, 4) is 0 Å². The number of anilines is 1. The Morgan fingerprint density at radius 3 is 2.46 bits per heavy atom. The first-order valence-electron chi connectivity index (χ1n) is 9.58. The molecule has 4 rings (SSSR count). The second-order valence-electron chi connectivity index (χ2n) is 7.34. The number of aryl methyl sites for hydroxylation is 2. The van der Waals surface area contributed by atoms with Gasteiger partial charge in [0.1, 0.15) is 0 Å². The molecule has 2 aromatic carbocycles. The number of hydrogen-bond acceptors (Lipinski definition) is 3. The van der Waals surface area contributed by atoms with Crippen molar-refractivity contribution in [2.24, 2.45) is 0 Å². The van der Waals surface area contributed by atoms with E-state index in [0.29, 0.717) is 0 Å². The Hall–Kier alpha value is -2.39. The van der Waals surface area contributed by atoms with E-state index in [0.717, 1.165) is 44.7 Å². The molecule has 0 bridgehead atoms. The number of nitrogens with zero attached hydrogens (tertiary/aromatic N) is 3. The molecule has 0 saturated carbocycles. The van der Waals surface area contributed by atoms with Crippen LogP contribution in [0.25, 0.3) is 10.9 Å². The maximum Gasteiger partial charge on any atom is 0.0705 e. The summed E-state index contributed by atoms with van der Waals surface area (Å²) in [5.41, 5.74) is 6.41. The predicted octanol–water partition coefficient (Wildman–Crippen LogP) is 4.22. The minimum atomic E-state index is 1.02. The maximum atomic E-state index is 4.80. The first-order valence-corrected chi connectivity index (χ1v) is 9.58. The van der Waals surface area contributed by atoms with Crippen molar-refractivity contribution in [2.75, 3.05) is 37.6 Å². The minimum absolute atomic E-state index is 1.02. The van der Waals surface area contributed by atoms with Crippen LogP contribution in [0.5, 0.6) is 0 Å². The topological polar surface area (TPSA) is 19.4 Å². The second-order valence-corrected chi connectivity index (χ2v) is 7.34. The summed E-state index contributed by atoms with van der Waals surface area (Å²) in [5, 5.41) is 1.22. The highest BCUT2D eigenvalue weighted by Gasteiger charge is 2.17. The standard InChI is InChI=1S/C23H27N3/c1-18-7-10-22(17-19(18)2)26-15-13-25(14-16-26)12-11-21-9-8-20-5-3-4-6-23(20)24-21/h3-10,17H,11-16H2,1-2H3. The largest absolute Gasteiger partial charge is 0.369 e. The molecule has 3 aromatic rings. The van der Waals surface area contributed by atoms with Gasteiger partial charge in [0.2, 0.25) is 0 Å². The highest BCUT2D eigenvalue weighted by atomic mass is 15.3. The van der Waals surface area contributed by atoms with Crippen LogP contribution in [-0.4, -0.2) is 42.6 Å². The van der Waals surface area contributed by atoms with Crippen molar-refractivity contribution >= 4 is 16.6 Å². The van der Waals surface area contributed by atoms with Crippen LogP contribution in [0.2, 0.25) is 0 Å². The number of para-hydroxylation sites is 1. The zero-order valence-corrected chi connectivity index (χ0v) is 15.8. The van der Waals surface area contributed by atoms with E-state index in [4.69, 9.17) is 4.98 Å². The Balaban J connectivity index is 1.32. The Morgan fingerprint density at radius 2 is 1.65 bits per heavy atom. The molecule has 0 unspecified atom stereocenters. The number of fused-ring (bicyclic) bond motifs is 1. The lowest BCUT2D eigenvalue weighted by Gasteiger charge is -2.36. The third-order valence-corrected chi connectivity index (χ3v) is 5.57. The van der Waals surface area contributed by atoms with E-state index in [2.05, 4.69) is 78.2 Å². The summed E-state index contributed by atoms with van der Waals surface area (Å²) in [6.45, 7) is 9.93. The van der Waals surface area contributed by atoms with Gasteiger partial charge in [0, 0.05) is 55.9 Å². The highest BCUT2D eigenvalue weighted by Crippen LogP contribution is 2.20. The van der Waals surface area contributed by atoms with Crippen LogP contribution >= 0.6 is 0 Å². The molecule has 3 heteroatoms. The first kappa shape index (κ1) is 17.0. The van der Waals surface area contributed by atoms with Gasteiger partial charge in [-0.1, -0.05) is 30.3 Å². The van der Waals surface area contributed by atoms with Gasteiger partial charge in [0.25, 0.3) is 0 Å². The fraction of sp³-hybridized carbons (Fsp3) is 0.348. The van der Waals surface area contributed by atoms with Gasteiger partial charge in [0.05, 0.1) is 5.52 Å². The van der Waals surface area contributed by atoms with Crippen LogP contribution in [0.3, 0.4) is 0 Å². The van der Waals surface area contributed by atoms with Gasteiger partial charge in [-0.3, -0.25) is 9.88 Å².